The molecule has 0 N–H and O–H groups in total. The topological polar surface area (TPSA) is 58.4 Å². The van der Waals surface area contributed by atoms with Crippen molar-refractivity contribution in [2.75, 3.05) is 0 Å². The molecule has 1 aromatic heterocycles. The summed E-state index contributed by atoms with van der Waals surface area (Å²) in [4.78, 5) is 31.1. The lowest BCUT2D eigenvalue weighted by Crippen LogP contribution is -2.62. The van der Waals surface area contributed by atoms with Crippen LogP contribution in [0.3, 0.4) is 0 Å². The van der Waals surface area contributed by atoms with Crippen LogP contribution in [0.5, 0.6) is 0 Å². The molecule has 1 aromatic carbocycles. The van der Waals surface area contributed by atoms with E-state index in [-0.39, 0.29) is 47.9 Å². The first-order chi connectivity index (χ1) is 15.3. The molecule has 1 saturated carbocycles. The van der Waals surface area contributed by atoms with Crippen molar-refractivity contribution in [2.24, 2.45) is 5.41 Å². The first kappa shape index (κ1) is 21.2. The van der Waals surface area contributed by atoms with E-state index in [4.69, 9.17) is 0 Å². The number of carbonyl (C=O) groups is 2. The van der Waals surface area contributed by atoms with Crippen LogP contribution in [0.2, 0.25) is 0 Å². The fourth-order valence-electron chi connectivity index (χ4n) is 7.04. The summed E-state index contributed by atoms with van der Waals surface area (Å²) in [6.07, 6.45) is 4.88. The molecule has 1 aliphatic carbocycles. The van der Waals surface area contributed by atoms with Gasteiger partial charge in [-0.05, 0) is 57.6 Å². The van der Waals surface area contributed by atoms with E-state index >= 15 is 0 Å². The number of nitrogens with zero attached hydrogens (tertiary/aromatic N) is 4. The highest BCUT2D eigenvalue weighted by Gasteiger charge is 2.64. The summed E-state index contributed by atoms with van der Waals surface area (Å²) in [6, 6.07) is 12.9. The molecule has 6 heteroatoms. The van der Waals surface area contributed by atoms with E-state index in [1.54, 1.807) is 6.92 Å². The van der Waals surface area contributed by atoms with Crippen LogP contribution in [-0.2, 0) is 22.6 Å². The molecular formula is C26H34N4O2. The second kappa shape index (κ2) is 7.75. The second-order valence-electron chi connectivity index (χ2n) is 10.3. The predicted molar refractivity (Wildman–Crippen MR) is 123 cm³/mol. The van der Waals surface area contributed by atoms with E-state index in [0.29, 0.717) is 0 Å². The molecule has 0 unspecified atom stereocenters. The first-order valence-electron chi connectivity index (χ1n) is 11.9. The van der Waals surface area contributed by atoms with Crippen LogP contribution in [0.25, 0.3) is 0 Å². The van der Waals surface area contributed by atoms with E-state index in [1.165, 1.54) is 5.56 Å². The van der Waals surface area contributed by atoms with Gasteiger partial charge in [-0.25, -0.2) is 0 Å². The number of benzene rings is 1. The van der Waals surface area contributed by atoms with Gasteiger partial charge in [0.25, 0.3) is 0 Å². The third-order valence-corrected chi connectivity index (χ3v) is 8.28. The van der Waals surface area contributed by atoms with Crippen LogP contribution < -0.4 is 0 Å². The Balaban J connectivity index is 1.53. The van der Waals surface area contributed by atoms with Gasteiger partial charge in [0, 0.05) is 30.1 Å². The lowest BCUT2D eigenvalue weighted by atomic mass is 9.64. The molecule has 0 radical (unpaired) electrons. The van der Waals surface area contributed by atoms with E-state index in [0.717, 1.165) is 43.5 Å². The standard InChI is InChI=1S/C26H34N4O2/c1-17-13-18(2)28(27-17)16-25(32)30-22-15-26(4)23(11-8-12-24(26)30)29(19(3)31)21(22)14-20-9-6-5-7-10-20/h5-7,9-10,13,21-24H,8,11-12,14-16H2,1-4H3/t21-,22-,23+,24-,26+/m0/s1. The van der Waals surface area contributed by atoms with Crippen molar-refractivity contribution in [3.63, 3.8) is 0 Å². The number of hydrogen-bond donors (Lipinski definition) is 0. The van der Waals surface area contributed by atoms with Crippen LogP contribution in [0.4, 0.5) is 0 Å². The summed E-state index contributed by atoms with van der Waals surface area (Å²) in [7, 11) is 0. The molecular weight excluding hydrogens is 400 g/mol. The van der Waals surface area contributed by atoms with Gasteiger partial charge in [-0.2, -0.15) is 5.10 Å². The zero-order chi connectivity index (χ0) is 22.6. The van der Waals surface area contributed by atoms with Gasteiger partial charge in [0.1, 0.15) is 6.54 Å². The molecule has 2 aromatic rings. The first-order valence-corrected chi connectivity index (χ1v) is 11.9. The molecule has 2 saturated heterocycles. The number of fused-ring (bicyclic) bond motifs is 1. The molecule has 5 atom stereocenters. The molecule has 3 fully saturated rings. The Labute approximate surface area is 190 Å². The van der Waals surface area contributed by atoms with Crippen LogP contribution in [-0.4, -0.2) is 55.6 Å². The maximum absolute atomic E-state index is 13.8. The minimum atomic E-state index is -0.0352. The van der Waals surface area contributed by atoms with Crippen molar-refractivity contribution >= 4 is 11.8 Å². The number of piperidine rings is 1. The summed E-state index contributed by atoms with van der Waals surface area (Å²) in [6.45, 7) is 8.26. The van der Waals surface area contributed by atoms with E-state index in [2.05, 4.69) is 46.1 Å². The zero-order valence-electron chi connectivity index (χ0n) is 19.6. The lowest BCUT2D eigenvalue weighted by Gasteiger charge is -2.52. The normalized spacial score (nSPS) is 31.1. The second-order valence-corrected chi connectivity index (χ2v) is 10.3. The number of aryl methyl sites for hydroxylation is 2. The third kappa shape index (κ3) is 3.26. The average Bonchev–Trinajstić information content (AvgIpc) is 3.23. The number of carbonyl (C=O) groups excluding carboxylic acids is 2. The highest BCUT2D eigenvalue weighted by Crippen LogP contribution is 2.56. The Morgan fingerprint density at radius 1 is 1.09 bits per heavy atom. The van der Waals surface area contributed by atoms with Crippen molar-refractivity contribution < 1.29 is 9.59 Å². The minimum Gasteiger partial charge on any atom is -0.334 e. The monoisotopic (exact) mass is 434 g/mol. The van der Waals surface area contributed by atoms with Gasteiger partial charge >= 0.3 is 0 Å². The SMILES string of the molecule is CC(=O)N1[C@@H](Cc2ccccc2)[C@@H]2C[C@@]3(C)[C@H](CCC[C@@H]13)N2C(=O)Cn1nc(C)cc1C. The highest BCUT2D eigenvalue weighted by atomic mass is 16.2. The van der Waals surface area contributed by atoms with E-state index in [9.17, 15) is 9.59 Å². The number of likely N-dealkylation sites (tertiary alicyclic amines) is 2. The quantitative estimate of drug-likeness (QED) is 0.740. The van der Waals surface area contributed by atoms with Crippen LogP contribution in [0.15, 0.2) is 36.4 Å². The predicted octanol–water partition coefficient (Wildman–Crippen LogP) is 3.50. The van der Waals surface area contributed by atoms with Crippen molar-refractivity contribution in [1.29, 1.82) is 0 Å². The molecule has 3 aliphatic rings. The molecule has 0 spiro atoms. The molecule has 170 valence electrons. The number of aromatic nitrogens is 2. The maximum atomic E-state index is 13.8. The molecule has 2 bridgehead atoms. The van der Waals surface area contributed by atoms with Crippen LogP contribution in [0.1, 0.15) is 56.5 Å². The minimum absolute atomic E-state index is 0.0143. The van der Waals surface area contributed by atoms with Crippen molar-refractivity contribution in [1.82, 2.24) is 19.6 Å². The Kier molecular flexibility index (Phi) is 5.14. The number of hydrogen-bond acceptors (Lipinski definition) is 3. The highest BCUT2D eigenvalue weighted by molar-refractivity contribution is 5.79. The Hall–Kier alpha value is -2.63. The van der Waals surface area contributed by atoms with Gasteiger partial charge in [0.05, 0.1) is 17.8 Å². The van der Waals surface area contributed by atoms with Gasteiger partial charge in [-0.3, -0.25) is 14.3 Å². The van der Waals surface area contributed by atoms with E-state index in [1.807, 2.05) is 30.7 Å². The van der Waals surface area contributed by atoms with Gasteiger partial charge in [-0.15, -0.1) is 0 Å². The Bertz CT molecular complexity index is 1030. The summed E-state index contributed by atoms with van der Waals surface area (Å²) in [5.41, 5.74) is 3.13. The fourth-order valence-corrected chi connectivity index (χ4v) is 7.04. The smallest absolute Gasteiger partial charge is 0.244 e. The Morgan fingerprint density at radius 2 is 1.78 bits per heavy atom. The molecule has 3 heterocycles. The summed E-state index contributed by atoms with van der Waals surface area (Å²) in [5.74, 6) is 0.277. The zero-order valence-corrected chi connectivity index (χ0v) is 19.6. The van der Waals surface area contributed by atoms with Crippen molar-refractivity contribution in [3.8, 4) is 0 Å². The molecule has 5 rings (SSSR count). The van der Waals surface area contributed by atoms with Crippen LogP contribution in [0, 0.1) is 19.3 Å². The molecule has 2 aliphatic heterocycles. The summed E-state index contributed by atoms with van der Waals surface area (Å²) in [5, 5.41) is 4.54. The fraction of sp³-hybridized carbons (Fsp3) is 0.577. The van der Waals surface area contributed by atoms with Gasteiger partial charge in [-0.1, -0.05) is 37.3 Å². The number of rotatable bonds is 4. The summed E-state index contributed by atoms with van der Waals surface area (Å²) >= 11 is 0. The largest absolute Gasteiger partial charge is 0.334 e. The average molecular weight is 435 g/mol. The summed E-state index contributed by atoms with van der Waals surface area (Å²) < 4.78 is 1.83. The van der Waals surface area contributed by atoms with E-state index < -0.39 is 0 Å². The molecule has 32 heavy (non-hydrogen) atoms. The number of amides is 2. The van der Waals surface area contributed by atoms with Crippen molar-refractivity contribution in [2.45, 2.75) is 90.5 Å². The Morgan fingerprint density at radius 3 is 2.41 bits per heavy atom. The molecule has 2 amide bonds. The van der Waals surface area contributed by atoms with Gasteiger partial charge in [0.15, 0.2) is 0 Å². The lowest BCUT2D eigenvalue weighted by molar-refractivity contribution is -0.143. The van der Waals surface area contributed by atoms with Gasteiger partial charge in [0.2, 0.25) is 11.8 Å². The molecule has 6 nitrogen and oxygen atoms in total. The van der Waals surface area contributed by atoms with Gasteiger partial charge < -0.3 is 9.80 Å². The third-order valence-electron chi connectivity index (χ3n) is 8.28. The van der Waals surface area contributed by atoms with Crippen LogP contribution >= 0.6 is 0 Å². The van der Waals surface area contributed by atoms with Crippen molar-refractivity contribution in [3.05, 3.63) is 53.3 Å². The maximum Gasteiger partial charge on any atom is 0.244 e.